The SMILES string of the molecule is CCCCCC(=O)N(CC(=O)OCC)CC(C)N(CC)CC(=O)OCC. The van der Waals surface area contributed by atoms with E-state index in [1.807, 2.05) is 18.7 Å². The van der Waals surface area contributed by atoms with Crippen molar-refractivity contribution >= 4 is 17.8 Å². The number of ether oxygens (including phenoxy) is 2. The van der Waals surface area contributed by atoms with Crippen LogP contribution >= 0.6 is 0 Å². The van der Waals surface area contributed by atoms with Gasteiger partial charge in [-0.05, 0) is 33.7 Å². The minimum atomic E-state index is -0.406. The standard InChI is InChI=1S/C19H36N2O5/c1-6-10-11-12-17(22)21(15-19(24)26-9-4)13-16(5)20(7-2)14-18(23)25-8-3/h16H,6-15H2,1-5H3. The molecule has 0 radical (unpaired) electrons. The largest absolute Gasteiger partial charge is 0.465 e. The molecule has 0 aliphatic carbocycles. The Morgan fingerprint density at radius 2 is 1.46 bits per heavy atom. The van der Waals surface area contributed by atoms with E-state index in [-0.39, 0.29) is 37.6 Å². The number of rotatable bonds is 14. The average Bonchev–Trinajstić information content (AvgIpc) is 2.59. The first-order valence-electron chi connectivity index (χ1n) is 9.72. The van der Waals surface area contributed by atoms with Gasteiger partial charge >= 0.3 is 11.9 Å². The maximum absolute atomic E-state index is 12.5. The van der Waals surface area contributed by atoms with Crippen molar-refractivity contribution in [2.75, 3.05) is 39.4 Å². The Hall–Kier alpha value is -1.63. The summed E-state index contributed by atoms with van der Waals surface area (Å²) in [5.74, 6) is -0.741. The number of carbonyl (C=O) groups excluding carboxylic acids is 3. The molecule has 0 aromatic carbocycles. The number of hydrogen-bond donors (Lipinski definition) is 0. The summed E-state index contributed by atoms with van der Waals surface area (Å²) in [6.07, 6.45) is 3.25. The minimum absolute atomic E-state index is 0.0504. The van der Waals surface area contributed by atoms with Crippen molar-refractivity contribution in [1.82, 2.24) is 9.80 Å². The predicted molar refractivity (Wildman–Crippen MR) is 101 cm³/mol. The third kappa shape index (κ3) is 10.4. The lowest BCUT2D eigenvalue weighted by Gasteiger charge is -2.32. The van der Waals surface area contributed by atoms with Crippen LogP contribution in [0.25, 0.3) is 0 Å². The zero-order chi connectivity index (χ0) is 19.9. The quantitative estimate of drug-likeness (QED) is 0.344. The number of unbranched alkanes of at least 4 members (excludes halogenated alkanes) is 2. The van der Waals surface area contributed by atoms with Gasteiger partial charge in [-0.15, -0.1) is 0 Å². The van der Waals surface area contributed by atoms with E-state index in [1.165, 1.54) is 0 Å². The van der Waals surface area contributed by atoms with Crippen LogP contribution in [0.2, 0.25) is 0 Å². The van der Waals surface area contributed by atoms with Gasteiger partial charge in [0, 0.05) is 19.0 Å². The zero-order valence-electron chi connectivity index (χ0n) is 17.1. The molecule has 0 rings (SSSR count). The van der Waals surface area contributed by atoms with Crippen LogP contribution in [0.15, 0.2) is 0 Å². The fraction of sp³-hybridized carbons (Fsp3) is 0.842. The summed E-state index contributed by atoms with van der Waals surface area (Å²) in [7, 11) is 0. The highest BCUT2D eigenvalue weighted by molar-refractivity contribution is 5.82. The van der Waals surface area contributed by atoms with Gasteiger partial charge in [-0.25, -0.2) is 0 Å². The summed E-state index contributed by atoms with van der Waals surface area (Å²) in [6, 6.07) is -0.0750. The first-order chi connectivity index (χ1) is 12.4. The van der Waals surface area contributed by atoms with E-state index in [0.29, 0.717) is 26.1 Å². The second kappa shape index (κ2) is 14.5. The van der Waals surface area contributed by atoms with Gasteiger partial charge in [-0.3, -0.25) is 19.3 Å². The Bertz CT molecular complexity index is 428. The predicted octanol–water partition coefficient (Wildman–Crippen LogP) is 2.23. The van der Waals surface area contributed by atoms with Gasteiger partial charge in [0.05, 0.1) is 19.8 Å². The minimum Gasteiger partial charge on any atom is -0.465 e. The van der Waals surface area contributed by atoms with Crippen molar-refractivity contribution in [1.29, 1.82) is 0 Å². The van der Waals surface area contributed by atoms with Crippen LogP contribution in [0.5, 0.6) is 0 Å². The molecule has 1 amide bonds. The highest BCUT2D eigenvalue weighted by Gasteiger charge is 2.24. The fourth-order valence-corrected chi connectivity index (χ4v) is 2.69. The van der Waals surface area contributed by atoms with Crippen molar-refractivity contribution < 1.29 is 23.9 Å². The molecule has 0 aromatic heterocycles. The van der Waals surface area contributed by atoms with E-state index in [0.717, 1.165) is 19.3 Å². The Morgan fingerprint density at radius 1 is 0.885 bits per heavy atom. The first-order valence-corrected chi connectivity index (χ1v) is 9.72. The molecule has 0 heterocycles. The summed E-state index contributed by atoms with van der Waals surface area (Å²) in [4.78, 5) is 39.6. The molecule has 152 valence electrons. The lowest BCUT2D eigenvalue weighted by molar-refractivity contribution is -0.150. The molecular formula is C19H36N2O5. The molecule has 0 N–H and O–H groups in total. The zero-order valence-corrected chi connectivity index (χ0v) is 17.1. The van der Waals surface area contributed by atoms with Crippen LogP contribution < -0.4 is 0 Å². The molecular weight excluding hydrogens is 336 g/mol. The molecule has 0 saturated heterocycles. The molecule has 0 spiro atoms. The Morgan fingerprint density at radius 3 is 1.96 bits per heavy atom. The van der Waals surface area contributed by atoms with E-state index in [1.54, 1.807) is 18.7 Å². The van der Waals surface area contributed by atoms with Gasteiger partial charge in [0.25, 0.3) is 0 Å². The van der Waals surface area contributed by atoms with E-state index < -0.39 is 5.97 Å². The molecule has 1 atom stereocenters. The molecule has 0 bridgehead atoms. The molecule has 26 heavy (non-hydrogen) atoms. The van der Waals surface area contributed by atoms with Gasteiger partial charge in [0.2, 0.25) is 5.91 Å². The summed E-state index contributed by atoms with van der Waals surface area (Å²) in [5.41, 5.74) is 0. The van der Waals surface area contributed by atoms with Gasteiger partial charge in [0.1, 0.15) is 6.54 Å². The summed E-state index contributed by atoms with van der Waals surface area (Å²) >= 11 is 0. The second-order valence-corrected chi connectivity index (χ2v) is 6.25. The Kier molecular flexibility index (Phi) is 13.6. The number of carbonyl (C=O) groups is 3. The number of likely N-dealkylation sites (N-methyl/N-ethyl adjacent to an activating group) is 1. The van der Waals surface area contributed by atoms with Crippen LogP contribution in [0, 0.1) is 0 Å². The number of nitrogens with zero attached hydrogens (tertiary/aromatic N) is 2. The van der Waals surface area contributed by atoms with Crippen molar-refractivity contribution in [3.63, 3.8) is 0 Å². The van der Waals surface area contributed by atoms with Gasteiger partial charge < -0.3 is 14.4 Å². The van der Waals surface area contributed by atoms with Crippen LogP contribution in [0.1, 0.15) is 60.3 Å². The van der Waals surface area contributed by atoms with Crippen molar-refractivity contribution in [2.45, 2.75) is 66.3 Å². The summed E-state index contributed by atoms with van der Waals surface area (Å²) < 4.78 is 10.00. The molecule has 0 saturated carbocycles. The molecule has 0 aromatic rings. The Balaban J connectivity index is 4.90. The fourth-order valence-electron chi connectivity index (χ4n) is 2.69. The molecule has 0 fully saturated rings. The van der Waals surface area contributed by atoms with Crippen molar-refractivity contribution in [3.8, 4) is 0 Å². The average molecular weight is 373 g/mol. The van der Waals surface area contributed by atoms with Crippen LogP contribution in [-0.2, 0) is 23.9 Å². The third-order valence-corrected chi connectivity index (χ3v) is 4.12. The van der Waals surface area contributed by atoms with Crippen LogP contribution in [0.3, 0.4) is 0 Å². The third-order valence-electron chi connectivity index (χ3n) is 4.12. The highest BCUT2D eigenvalue weighted by atomic mass is 16.5. The number of hydrogen-bond acceptors (Lipinski definition) is 6. The number of esters is 2. The topological polar surface area (TPSA) is 76.2 Å². The van der Waals surface area contributed by atoms with E-state index in [2.05, 4.69) is 6.92 Å². The monoisotopic (exact) mass is 372 g/mol. The summed E-state index contributed by atoms with van der Waals surface area (Å²) in [6.45, 7) is 11.3. The lowest BCUT2D eigenvalue weighted by Crippen LogP contribution is -2.48. The first kappa shape index (κ1) is 24.4. The maximum atomic E-state index is 12.5. The molecule has 1 unspecified atom stereocenters. The van der Waals surface area contributed by atoms with Crippen molar-refractivity contribution in [2.24, 2.45) is 0 Å². The molecule has 0 aliphatic rings. The van der Waals surface area contributed by atoms with Gasteiger partial charge in [0.15, 0.2) is 0 Å². The van der Waals surface area contributed by atoms with E-state index in [9.17, 15) is 14.4 Å². The number of amides is 1. The normalized spacial score (nSPS) is 11.9. The lowest BCUT2D eigenvalue weighted by atomic mass is 10.1. The Labute approximate surface area is 158 Å². The van der Waals surface area contributed by atoms with E-state index >= 15 is 0 Å². The molecule has 7 heteroatoms. The van der Waals surface area contributed by atoms with Gasteiger partial charge in [-0.2, -0.15) is 0 Å². The molecule has 7 nitrogen and oxygen atoms in total. The van der Waals surface area contributed by atoms with Gasteiger partial charge in [-0.1, -0.05) is 26.7 Å². The smallest absolute Gasteiger partial charge is 0.325 e. The second-order valence-electron chi connectivity index (χ2n) is 6.25. The summed E-state index contributed by atoms with van der Waals surface area (Å²) in [5, 5.41) is 0. The maximum Gasteiger partial charge on any atom is 0.325 e. The molecule has 0 aliphatic heterocycles. The van der Waals surface area contributed by atoms with E-state index in [4.69, 9.17) is 9.47 Å². The van der Waals surface area contributed by atoms with Crippen LogP contribution in [-0.4, -0.2) is 73.1 Å². The highest BCUT2D eigenvalue weighted by Crippen LogP contribution is 2.08. The van der Waals surface area contributed by atoms with Crippen molar-refractivity contribution in [3.05, 3.63) is 0 Å². The van der Waals surface area contributed by atoms with Crippen LogP contribution in [0.4, 0.5) is 0 Å².